The van der Waals surface area contributed by atoms with Crippen molar-refractivity contribution >= 4 is 32.7 Å². The molecule has 86 valence electrons. The molecule has 0 saturated carbocycles. The van der Waals surface area contributed by atoms with E-state index in [0.717, 1.165) is 5.88 Å². The predicted molar refractivity (Wildman–Crippen MR) is 71.9 cm³/mol. The monoisotopic (exact) mass is 254 g/mol. The minimum Gasteiger partial charge on any atom is -0.127 e. The molecule has 0 nitrogen and oxygen atoms in total. The molecule has 3 heteroatoms. The van der Waals surface area contributed by atoms with Crippen molar-refractivity contribution in [2.75, 3.05) is 5.88 Å². The third-order valence-corrected chi connectivity index (χ3v) is 4.85. The second kappa shape index (κ2) is 11.9. The van der Waals surface area contributed by atoms with Crippen molar-refractivity contribution in [3.05, 3.63) is 0 Å². The zero-order chi connectivity index (χ0) is 10.6. The van der Waals surface area contributed by atoms with Crippen molar-refractivity contribution < 1.29 is 0 Å². The van der Waals surface area contributed by atoms with Gasteiger partial charge in [-0.15, -0.1) is 23.2 Å². The van der Waals surface area contributed by atoms with Crippen LogP contribution in [0.15, 0.2) is 0 Å². The Kier molecular flexibility index (Phi) is 12.5. The van der Waals surface area contributed by atoms with E-state index in [4.69, 9.17) is 23.2 Å². The molecule has 0 amide bonds. The summed E-state index contributed by atoms with van der Waals surface area (Å²) in [5.41, 5.74) is 0. The van der Waals surface area contributed by atoms with E-state index in [1.54, 1.807) is 0 Å². The highest BCUT2D eigenvalue weighted by atomic mass is 35.5. The molecule has 0 aromatic rings. The van der Waals surface area contributed by atoms with Gasteiger partial charge in [-0.05, 0) is 18.9 Å². The maximum absolute atomic E-state index is 6.16. The molecule has 0 heterocycles. The van der Waals surface area contributed by atoms with Gasteiger partial charge in [-0.1, -0.05) is 38.7 Å². The first-order chi connectivity index (χ1) is 6.81. The fourth-order valence-corrected chi connectivity index (χ4v) is 3.54. The second-order valence-corrected chi connectivity index (χ2v) is 6.56. The minimum atomic E-state index is 0.169. The molecule has 14 heavy (non-hydrogen) atoms. The predicted octanol–water partition coefficient (Wildman–Crippen LogP) is 4.20. The number of alkyl halides is 2. The van der Waals surface area contributed by atoms with Gasteiger partial charge in [0.15, 0.2) is 0 Å². The molecule has 0 rings (SSSR count). The van der Waals surface area contributed by atoms with Crippen molar-refractivity contribution in [3.63, 3.8) is 0 Å². The van der Waals surface area contributed by atoms with Gasteiger partial charge in [-0.2, -0.15) is 0 Å². The number of halogens is 2. The van der Waals surface area contributed by atoms with Crippen molar-refractivity contribution in [1.29, 1.82) is 0 Å². The first-order valence-corrected chi connectivity index (χ1v) is 9.39. The normalized spacial score (nSPS) is 13.9. The smallest absolute Gasteiger partial charge is 0.0307 e. The van der Waals surface area contributed by atoms with Crippen LogP contribution in [0.5, 0.6) is 0 Å². The van der Waals surface area contributed by atoms with Crippen LogP contribution in [0.2, 0.25) is 12.6 Å². The summed E-state index contributed by atoms with van der Waals surface area (Å²) in [6.45, 7) is 2.33. The Bertz CT molecular complexity index is 109. The summed E-state index contributed by atoms with van der Waals surface area (Å²) in [5.74, 6) is 0.824. The van der Waals surface area contributed by atoms with Gasteiger partial charge in [0.1, 0.15) is 0 Å². The number of unbranched alkanes of at least 4 members (excludes halogenated alkanes) is 5. The molecule has 0 aromatic carbocycles. The molecule has 0 aliphatic rings. The van der Waals surface area contributed by atoms with Crippen LogP contribution in [-0.2, 0) is 0 Å². The largest absolute Gasteiger partial charge is 0.127 e. The van der Waals surface area contributed by atoms with E-state index in [2.05, 4.69) is 6.55 Å². The van der Waals surface area contributed by atoms with Crippen LogP contribution in [-0.4, -0.2) is 20.8 Å². The van der Waals surface area contributed by atoms with E-state index < -0.39 is 0 Å². The van der Waals surface area contributed by atoms with Gasteiger partial charge in [0, 0.05) is 20.8 Å². The summed E-state index contributed by atoms with van der Waals surface area (Å²) in [7, 11) is 0.169. The number of hydrogen-bond donors (Lipinski definition) is 0. The maximum atomic E-state index is 6.16. The Morgan fingerprint density at radius 2 is 1.57 bits per heavy atom. The summed E-state index contributed by atoms with van der Waals surface area (Å²) in [5, 5.41) is 0.481. The molecule has 1 atom stereocenters. The van der Waals surface area contributed by atoms with E-state index in [0.29, 0.717) is 5.38 Å². The van der Waals surface area contributed by atoms with E-state index in [9.17, 15) is 0 Å². The molecule has 1 unspecified atom stereocenters. The summed E-state index contributed by atoms with van der Waals surface area (Å²) < 4.78 is 0. The molecular formula is C11H24Cl2Si. The van der Waals surface area contributed by atoms with Gasteiger partial charge in [0.25, 0.3) is 0 Å². The summed E-state index contributed by atoms with van der Waals surface area (Å²) in [4.78, 5) is 0. The standard InChI is InChI=1S/C11H24Cl2Si/c1-14-10-11(13)8-6-4-2-3-5-7-9-12/h11H,2-10,14H2,1H3. The molecule has 0 N–H and O–H groups in total. The van der Waals surface area contributed by atoms with Gasteiger partial charge in [0.2, 0.25) is 0 Å². The van der Waals surface area contributed by atoms with E-state index in [-0.39, 0.29) is 9.52 Å². The van der Waals surface area contributed by atoms with Gasteiger partial charge < -0.3 is 0 Å². The molecule has 0 saturated heterocycles. The van der Waals surface area contributed by atoms with Crippen LogP contribution < -0.4 is 0 Å². The zero-order valence-electron chi connectivity index (χ0n) is 9.40. The minimum absolute atomic E-state index is 0.169. The second-order valence-electron chi connectivity index (χ2n) is 3.98. The van der Waals surface area contributed by atoms with Crippen LogP contribution in [0.4, 0.5) is 0 Å². The topological polar surface area (TPSA) is 0 Å². The molecule has 0 bridgehead atoms. The van der Waals surface area contributed by atoms with Crippen molar-refractivity contribution in [2.45, 2.75) is 62.9 Å². The van der Waals surface area contributed by atoms with Crippen LogP contribution >= 0.6 is 23.2 Å². The van der Waals surface area contributed by atoms with E-state index in [1.807, 2.05) is 0 Å². The lowest BCUT2D eigenvalue weighted by Gasteiger charge is -2.06. The Balaban J connectivity index is 2.98. The van der Waals surface area contributed by atoms with Crippen molar-refractivity contribution in [1.82, 2.24) is 0 Å². The average Bonchev–Trinajstić information content (AvgIpc) is 2.17. The van der Waals surface area contributed by atoms with E-state index >= 15 is 0 Å². The SMILES string of the molecule is C[SiH2]CC(Cl)CCCCCCCCCl. The highest BCUT2D eigenvalue weighted by Gasteiger charge is 2.01. The number of hydrogen-bond acceptors (Lipinski definition) is 0. The summed E-state index contributed by atoms with van der Waals surface area (Å²) >= 11 is 11.8. The average molecular weight is 255 g/mol. The molecule has 0 aliphatic heterocycles. The van der Waals surface area contributed by atoms with Gasteiger partial charge in [0.05, 0.1) is 0 Å². The summed E-state index contributed by atoms with van der Waals surface area (Å²) in [6.07, 6.45) is 9.11. The van der Waals surface area contributed by atoms with Crippen molar-refractivity contribution in [2.24, 2.45) is 0 Å². The Morgan fingerprint density at radius 3 is 2.14 bits per heavy atom. The van der Waals surface area contributed by atoms with Crippen LogP contribution in [0, 0.1) is 0 Å². The first kappa shape index (κ1) is 14.8. The maximum Gasteiger partial charge on any atom is 0.0307 e. The molecule has 0 fully saturated rings. The molecule has 0 radical (unpaired) electrons. The molecule has 0 aliphatic carbocycles. The zero-order valence-corrected chi connectivity index (χ0v) is 12.3. The van der Waals surface area contributed by atoms with Gasteiger partial charge >= 0.3 is 0 Å². The third kappa shape index (κ3) is 10.9. The van der Waals surface area contributed by atoms with Crippen LogP contribution in [0.25, 0.3) is 0 Å². The fourth-order valence-electron chi connectivity index (χ4n) is 1.62. The molecule has 0 spiro atoms. The Labute approximate surface area is 102 Å². The fraction of sp³-hybridized carbons (Fsp3) is 1.00. The lowest BCUT2D eigenvalue weighted by Crippen LogP contribution is -2.00. The highest BCUT2D eigenvalue weighted by molar-refractivity contribution is 6.37. The molecule has 0 aromatic heterocycles. The first-order valence-electron chi connectivity index (χ1n) is 6.01. The lowest BCUT2D eigenvalue weighted by atomic mass is 10.1. The van der Waals surface area contributed by atoms with E-state index in [1.165, 1.54) is 51.0 Å². The quantitative estimate of drug-likeness (QED) is 0.312. The Hall–Kier alpha value is 0.797. The lowest BCUT2D eigenvalue weighted by molar-refractivity contribution is 0.587. The number of rotatable bonds is 10. The van der Waals surface area contributed by atoms with Crippen molar-refractivity contribution in [3.8, 4) is 0 Å². The molecular weight excluding hydrogens is 231 g/mol. The summed E-state index contributed by atoms with van der Waals surface area (Å²) in [6, 6.07) is 1.31. The van der Waals surface area contributed by atoms with Gasteiger partial charge in [-0.3, -0.25) is 0 Å². The Morgan fingerprint density at radius 1 is 1.00 bits per heavy atom. The third-order valence-electron chi connectivity index (χ3n) is 2.50. The highest BCUT2D eigenvalue weighted by Crippen LogP contribution is 2.14. The van der Waals surface area contributed by atoms with Crippen LogP contribution in [0.1, 0.15) is 44.9 Å². The van der Waals surface area contributed by atoms with Gasteiger partial charge in [-0.25, -0.2) is 0 Å². The van der Waals surface area contributed by atoms with Crippen LogP contribution in [0.3, 0.4) is 0 Å².